The van der Waals surface area contributed by atoms with E-state index in [0.29, 0.717) is 30.3 Å². The second-order valence-electron chi connectivity index (χ2n) is 9.33. The highest BCUT2D eigenvalue weighted by atomic mass is 16.5. The second kappa shape index (κ2) is 9.59. The molecule has 2 aliphatic rings. The predicted molar refractivity (Wildman–Crippen MR) is 143 cm³/mol. The Hall–Kier alpha value is -4.79. The molecule has 1 atom stereocenters. The summed E-state index contributed by atoms with van der Waals surface area (Å²) in [5, 5.41) is 0. The summed E-state index contributed by atoms with van der Waals surface area (Å²) < 4.78 is 6.28. The van der Waals surface area contributed by atoms with Gasteiger partial charge >= 0.3 is 11.7 Å². The summed E-state index contributed by atoms with van der Waals surface area (Å²) in [5.41, 5.74) is 3.28. The standard InChI is InChI=1S/C29H25N5O4/c1-38-27(36)23-11-6-16-33(23)28-30-15-14-24(31-28)34-17-22(26(35)32-29(34)37)25-20-9-4-2-7-18(20)12-13-19-8-3-5-10-21(19)25/h2-5,7-10,12-15,17,23,25H,6,11,16H2,1H3,(H,32,35,37)/t23-/m0/s1. The van der Waals surface area contributed by atoms with Crippen LogP contribution in [0.2, 0.25) is 0 Å². The van der Waals surface area contributed by atoms with Crippen molar-refractivity contribution in [3.05, 3.63) is 116 Å². The van der Waals surface area contributed by atoms with Gasteiger partial charge in [0.2, 0.25) is 5.95 Å². The minimum Gasteiger partial charge on any atom is -0.467 e. The number of hydrogen-bond acceptors (Lipinski definition) is 7. The average Bonchev–Trinajstić information content (AvgIpc) is 3.38. The van der Waals surface area contributed by atoms with Crippen LogP contribution in [0.15, 0.2) is 76.6 Å². The quantitative estimate of drug-likeness (QED) is 0.372. The smallest absolute Gasteiger partial charge is 0.334 e. The van der Waals surface area contributed by atoms with Crippen LogP contribution < -0.4 is 16.1 Å². The van der Waals surface area contributed by atoms with Crippen molar-refractivity contribution in [2.75, 3.05) is 18.6 Å². The number of esters is 1. The summed E-state index contributed by atoms with van der Waals surface area (Å²) >= 11 is 0. The molecule has 190 valence electrons. The number of rotatable bonds is 4. The van der Waals surface area contributed by atoms with Crippen LogP contribution >= 0.6 is 0 Å². The molecule has 0 bridgehead atoms. The molecular weight excluding hydrogens is 482 g/mol. The molecule has 4 aromatic rings. The molecule has 0 unspecified atom stereocenters. The molecule has 9 nitrogen and oxygen atoms in total. The second-order valence-corrected chi connectivity index (χ2v) is 9.33. The van der Waals surface area contributed by atoms with Crippen molar-refractivity contribution in [1.82, 2.24) is 19.5 Å². The third kappa shape index (κ3) is 4.02. The van der Waals surface area contributed by atoms with Crippen LogP contribution in [0.3, 0.4) is 0 Å². The number of benzene rings is 2. The van der Waals surface area contributed by atoms with E-state index in [1.165, 1.54) is 11.7 Å². The number of carbonyl (C=O) groups is 1. The van der Waals surface area contributed by atoms with E-state index in [2.05, 4.69) is 15.0 Å². The van der Waals surface area contributed by atoms with Gasteiger partial charge in [-0.2, -0.15) is 4.98 Å². The van der Waals surface area contributed by atoms with Crippen LogP contribution in [0.5, 0.6) is 0 Å². The van der Waals surface area contributed by atoms with Gasteiger partial charge in [-0.1, -0.05) is 60.7 Å². The Bertz CT molecular complexity index is 1640. The molecule has 0 radical (unpaired) electrons. The largest absolute Gasteiger partial charge is 0.467 e. The molecular formula is C29H25N5O4. The van der Waals surface area contributed by atoms with Crippen molar-refractivity contribution in [3.8, 4) is 5.82 Å². The van der Waals surface area contributed by atoms with Gasteiger partial charge in [-0.05, 0) is 35.1 Å². The highest BCUT2D eigenvalue weighted by Crippen LogP contribution is 2.37. The number of ether oxygens (including phenoxy) is 1. The van der Waals surface area contributed by atoms with Crippen molar-refractivity contribution in [3.63, 3.8) is 0 Å². The van der Waals surface area contributed by atoms with E-state index >= 15 is 0 Å². The summed E-state index contributed by atoms with van der Waals surface area (Å²) in [6.07, 6.45) is 8.63. The number of aromatic nitrogens is 4. The maximum atomic E-state index is 13.3. The Morgan fingerprint density at radius 2 is 1.66 bits per heavy atom. The Morgan fingerprint density at radius 1 is 0.974 bits per heavy atom. The van der Waals surface area contributed by atoms with E-state index in [1.54, 1.807) is 23.4 Å². The van der Waals surface area contributed by atoms with Gasteiger partial charge in [0.05, 0.1) is 7.11 Å². The molecule has 1 fully saturated rings. The van der Waals surface area contributed by atoms with Gasteiger partial charge < -0.3 is 9.64 Å². The summed E-state index contributed by atoms with van der Waals surface area (Å²) in [4.78, 5) is 51.9. The van der Waals surface area contributed by atoms with E-state index in [4.69, 9.17) is 4.74 Å². The molecule has 1 aliphatic carbocycles. The molecule has 6 rings (SSSR count). The normalized spacial score (nSPS) is 16.6. The third-order valence-electron chi connectivity index (χ3n) is 7.20. The van der Waals surface area contributed by atoms with Crippen molar-refractivity contribution < 1.29 is 9.53 Å². The number of fused-ring (bicyclic) bond motifs is 2. The lowest BCUT2D eigenvalue weighted by atomic mass is 9.83. The number of hydrogen-bond donors (Lipinski definition) is 1. The number of nitrogens with zero attached hydrogens (tertiary/aromatic N) is 4. The molecule has 1 N–H and O–H groups in total. The van der Waals surface area contributed by atoms with Crippen LogP contribution in [0, 0.1) is 0 Å². The molecule has 0 saturated carbocycles. The SMILES string of the molecule is COC(=O)[C@@H]1CCCN1c1nccc(-n2cc(C3c4ccccc4C=Cc4ccccc43)c(=O)[nH]c2=O)n1. The van der Waals surface area contributed by atoms with E-state index in [1.807, 2.05) is 60.7 Å². The summed E-state index contributed by atoms with van der Waals surface area (Å²) in [7, 11) is 1.36. The first-order chi connectivity index (χ1) is 18.5. The van der Waals surface area contributed by atoms with Gasteiger partial charge in [0.25, 0.3) is 5.56 Å². The fourth-order valence-corrected chi connectivity index (χ4v) is 5.39. The Kier molecular flexibility index (Phi) is 5.95. The van der Waals surface area contributed by atoms with E-state index in [-0.39, 0.29) is 5.97 Å². The highest BCUT2D eigenvalue weighted by Gasteiger charge is 2.33. The topological polar surface area (TPSA) is 110 Å². The van der Waals surface area contributed by atoms with Crippen molar-refractivity contribution in [1.29, 1.82) is 0 Å². The number of methoxy groups -OCH3 is 1. The molecule has 38 heavy (non-hydrogen) atoms. The van der Waals surface area contributed by atoms with Crippen molar-refractivity contribution >= 4 is 24.1 Å². The molecule has 9 heteroatoms. The van der Waals surface area contributed by atoms with Gasteiger partial charge in [0.15, 0.2) is 0 Å². The average molecular weight is 508 g/mol. The Balaban J connectivity index is 1.49. The number of anilines is 1. The van der Waals surface area contributed by atoms with Gasteiger partial charge in [-0.3, -0.25) is 14.3 Å². The Labute approximate surface area is 218 Å². The molecule has 3 heterocycles. The van der Waals surface area contributed by atoms with Gasteiger partial charge in [0, 0.05) is 36.5 Å². The number of carbonyl (C=O) groups excluding carboxylic acids is 1. The summed E-state index contributed by atoms with van der Waals surface area (Å²) in [6, 6.07) is 17.0. The lowest BCUT2D eigenvalue weighted by molar-refractivity contribution is -0.141. The van der Waals surface area contributed by atoms with E-state index < -0.39 is 23.2 Å². The highest BCUT2D eigenvalue weighted by molar-refractivity contribution is 5.80. The minimum absolute atomic E-state index is 0.293. The molecule has 1 saturated heterocycles. The number of aromatic amines is 1. The van der Waals surface area contributed by atoms with Crippen molar-refractivity contribution in [2.45, 2.75) is 24.8 Å². The fourth-order valence-electron chi connectivity index (χ4n) is 5.39. The summed E-state index contributed by atoms with van der Waals surface area (Å²) in [5.74, 6) is -0.137. The molecule has 2 aromatic carbocycles. The number of nitrogens with one attached hydrogen (secondary N) is 1. The zero-order valence-electron chi connectivity index (χ0n) is 20.7. The minimum atomic E-state index is -0.609. The monoisotopic (exact) mass is 507 g/mol. The van der Waals surface area contributed by atoms with Crippen molar-refractivity contribution in [2.24, 2.45) is 0 Å². The van der Waals surface area contributed by atoms with Crippen LogP contribution in [-0.4, -0.2) is 45.2 Å². The van der Waals surface area contributed by atoms with E-state index in [0.717, 1.165) is 28.7 Å². The Morgan fingerprint density at radius 3 is 2.34 bits per heavy atom. The molecule has 2 aromatic heterocycles. The fraction of sp³-hybridized carbons (Fsp3) is 0.207. The first kappa shape index (κ1) is 23.6. The first-order valence-corrected chi connectivity index (χ1v) is 12.4. The van der Waals surface area contributed by atoms with E-state index in [9.17, 15) is 14.4 Å². The maximum absolute atomic E-state index is 13.3. The zero-order valence-corrected chi connectivity index (χ0v) is 20.7. The van der Waals surface area contributed by atoms with Crippen LogP contribution in [0.4, 0.5) is 5.95 Å². The maximum Gasteiger partial charge on any atom is 0.334 e. The van der Waals surface area contributed by atoms with Crippen LogP contribution in [-0.2, 0) is 9.53 Å². The lowest BCUT2D eigenvalue weighted by Crippen LogP contribution is -2.38. The summed E-state index contributed by atoms with van der Waals surface area (Å²) in [6.45, 7) is 0.595. The van der Waals surface area contributed by atoms with Gasteiger partial charge in [0.1, 0.15) is 11.9 Å². The number of H-pyrrole nitrogens is 1. The van der Waals surface area contributed by atoms with Crippen LogP contribution in [0.1, 0.15) is 46.6 Å². The first-order valence-electron chi connectivity index (χ1n) is 12.4. The molecule has 1 aliphatic heterocycles. The molecule has 0 amide bonds. The van der Waals surface area contributed by atoms with Gasteiger partial charge in [-0.25, -0.2) is 14.6 Å². The molecule has 0 spiro atoms. The van der Waals surface area contributed by atoms with Gasteiger partial charge in [-0.15, -0.1) is 0 Å². The lowest BCUT2D eigenvalue weighted by Gasteiger charge is -2.23. The van der Waals surface area contributed by atoms with Crippen LogP contribution in [0.25, 0.3) is 18.0 Å². The third-order valence-corrected chi connectivity index (χ3v) is 7.20. The zero-order chi connectivity index (χ0) is 26.2. The predicted octanol–water partition coefficient (Wildman–Crippen LogP) is 3.12.